The topological polar surface area (TPSA) is 143 Å². The van der Waals surface area contributed by atoms with E-state index in [1.807, 2.05) is 80.6 Å². The first-order chi connectivity index (χ1) is 29.1. The molecule has 5 unspecified atom stereocenters. The number of nitrogens with two attached hydrogens (primary N) is 1. The third-order valence-corrected chi connectivity index (χ3v) is 11.3. The highest BCUT2D eigenvalue weighted by molar-refractivity contribution is 5.85. The highest BCUT2D eigenvalue weighted by Crippen LogP contribution is 2.38. The summed E-state index contributed by atoms with van der Waals surface area (Å²) in [5.41, 5.74) is 10.4. The van der Waals surface area contributed by atoms with Crippen LogP contribution in [-0.4, -0.2) is 86.8 Å². The Kier molecular flexibility index (Phi) is 13.8. The van der Waals surface area contributed by atoms with Crippen molar-refractivity contribution in [3.8, 4) is 11.4 Å². The molecular formula is C44H51ClF2N10O4. The van der Waals surface area contributed by atoms with E-state index in [0.29, 0.717) is 5.75 Å². The second-order valence-corrected chi connectivity index (χ2v) is 15.4. The molecule has 3 N–H and O–H groups in total. The molecule has 6 aromatic rings. The van der Waals surface area contributed by atoms with Crippen molar-refractivity contribution in [3.63, 3.8) is 0 Å². The maximum Gasteiger partial charge on any atom is 0.350 e. The van der Waals surface area contributed by atoms with Gasteiger partial charge in [0.25, 0.3) is 0 Å². The largest absolute Gasteiger partial charge is 0.491 e. The molecule has 0 amide bonds. The molecule has 4 aromatic carbocycles. The summed E-state index contributed by atoms with van der Waals surface area (Å²) in [6.45, 7) is 7.65. The van der Waals surface area contributed by atoms with Crippen LogP contribution in [0, 0.1) is 11.6 Å². The zero-order valence-corrected chi connectivity index (χ0v) is 34.9. The Hall–Kier alpha value is -5.65. The Bertz CT molecular complexity index is 2360. The monoisotopic (exact) mass is 856 g/mol. The number of nitrogens with zero attached hydrogens (tertiary/aromatic N) is 8. The molecule has 4 heterocycles. The van der Waals surface area contributed by atoms with Crippen molar-refractivity contribution in [3.05, 3.63) is 149 Å². The number of benzene rings is 4. The molecule has 0 radical (unpaired) electrons. The third-order valence-electron chi connectivity index (χ3n) is 11.3. The molecule has 2 aromatic heterocycles. The van der Waals surface area contributed by atoms with Crippen molar-refractivity contribution in [1.29, 1.82) is 0 Å². The zero-order valence-electron chi connectivity index (χ0n) is 34.1. The molecule has 0 saturated carbocycles. The van der Waals surface area contributed by atoms with Crippen molar-refractivity contribution in [2.75, 3.05) is 49.2 Å². The molecule has 0 aliphatic carbocycles. The van der Waals surface area contributed by atoms with Crippen LogP contribution in [0.1, 0.15) is 37.4 Å². The highest BCUT2D eigenvalue weighted by atomic mass is 35.5. The summed E-state index contributed by atoms with van der Waals surface area (Å²) in [6, 6.07) is 29.2. The van der Waals surface area contributed by atoms with E-state index in [1.54, 1.807) is 10.9 Å². The number of halogens is 3. The van der Waals surface area contributed by atoms with E-state index < -0.39 is 23.5 Å². The van der Waals surface area contributed by atoms with Gasteiger partial charge in [0.05, 0.1) is 24.5 Å². The van der Waals surface area contributed by atoms with E-state index in [9.17, 15) is 13.6 Å². The number of hydrogen-bond donors (Lipinski definition) is 2. The lowest BCUT2D eigenvalue weighted by atomic mass is 10.0. The van der Waals surface area contributed by atoms with Crippen LogP contribution in [0.3, 0.4) is 0 Å². The van der Waals surface area contributed by atoms with E-state index in [2.05, 4.69) is 42.4 Å². The Morgan fingerprint density at radius 2 is 1.56 bits per heavy atom. The van der Waals surface area contributed by atoms with E-state index in [4.69, 9.17) is 19.9 Å². The molecule has 2 aliphatic heterocycles. The van der Waals surface area contributed by atoms with Crippen LogP contribution in [0.25, 0.3) is 5.69 Å². The van der Waals surface area contributed by atoms with Crippen molar-refractivity contribution in [2.24, 2.45) is 5.73 Å². The molecule has 0 spiro atoms. The standard InChI is InChI=1S/C44H50F2N10O4.ClH/c1-31(51-42(47)19-8-33-6-4-3-5-7-33)32(2)56-43(57)55(30-50-56)37-12-10-35(11-13-37)52-20-22-53(23-21-52)36-14-16-38(17-15-36)58-25-39-26-59-44(60-39,27-54-29-48-28-49-54)40-18-9-34(45)24-41(40)46;/h3-7,9-18,24,28-32,39,42,51H,8,19-23,25-27,47H2,1-2H3;1H. The molecule has 17 heteroatoms. The first kappa shape index (κ1) is 43.4. The van der Waals surface area contributed by atoms with E-state index in [0.717, 1.165) is 62.1 Å². The molecule has 5 atom stereocenters. The van der Waals surface area contributed by atoms with Crippen LogP contribution in [0.4, 0.5) is 20.2 Å². The minimum atomic E-state index is -1.52. The molecule has 61 heavy (non-hydrogen) atoms. The minimum absolute atomic E-state index is 0. The molecule has 0 bridgehead atoms. The average molecular weight is 857 g/mol. The van der Waals surface area contributed by atoms with Crippen molar-refractivity contribution < 1.29 is 23.0 Å². The van der Waals surface area contributed by atoms with Gasteiger partial charge in [-0.2, -0.15) is 10.2 Å². The predicted molar refractivity (Wildman–Crippen MR) is 230 cm³/mol. The van der Waals surface area contributed by atoms with Gasteiger partial charge in [0, 0.05) is 55.2 Å². The molecule has 2 saturated heterocycles. The van der Waals surface area contributed by atoms with Gasteiger partial charge in [0.2, 0.25) is 5.79 Å². The summed E-state index contributed by atoms with van der Waals surface area (Å²) in [7, 11) is 0. The molecule has 14 nitrogen and oxygen atoms in total. The normalized spacial score (nSPS) is 19.3. The van der Waals surface area contributed by atoms with Crippen LogP contribution in [-0.2, 0) is 28.2 Å². The van der Waals surface area contributed by atoms with Crippen molar-refractivity contribution in [2.45, 2.75) is 63.4 Å². The fourth-order valence-corrected chi connectivity index (χ4v) is 7.78. The molecule has 322 valence electrons. The lowest BCUT2D eigenvalue weighted by Gasteiger charge is -2.37. The average Bonchev–Trinajstić information content (AvgIpc) is 4.03. The summed E-state index contributed by atoms with van der Waals surface area (Å²) in [5, 5.41) is 12.0. The maximum absolute atomic E-state index is 14.9. The zero-order chi connectivity index (χ0) is 41.6. The first-order valence-corrected chi connectivity index (χ1v) is 20.3. The Balaban J connectivity index is 0.00000561. The number of anilines is 2. The summed E-state index contributed by atoms with van der Waals surface area (Å²) >= 11 is 0. The smallest absolute Gasteiger partial charge is 0.350 e. The van der Waals surface area contributed by atoms with Crippen LogP contribution < -0.4 is 31.3 Å². The van der Waals surface area contributed by atoms with Crippen LogP contribution in [0.15, 0.2) is 121 Å². The molecule has 8 rings (SSSR count). The summed E-state index contributed by atoms with van der Waals surface area (Å²) in [4.78, 5) is 22.1. The van der Waals surface area contributed by atoms with Gasteiger partial charge in [0.1, 0.15) is 55.6 Å². The Labute approximate surface area is 359 Å². The number of piperazine rings is 1. The van der Waals surface area contributed by atoms with Crippen LogP contribution >= 0.6 is 12.4 Å². The lowest BCUT2D eigenvalue weighted by Crippen LogP contribution is -2.47. The number of hydrogen-bond acceptors (Lipinski definition) is 11. The number of aromatic nitrogens is 6. The van der Waals surface area contributed by atoms with Gasteiger partial charge in [-0.25, -0.2) is 32.5 Å². The highest BCUT2D eigenvalue weighted by Gasteiger charge is 2.46. The summed E-state index contributed by atoms with van der Waals surface area (Å²) < 4.78 is 51.6. The molecule has 2 aliphatic rings. The van der Waals surface area contributed by atoms with Gasteiger partial charge >= 0.3 is 5.69 Å². The number of ether oxygens (including phenoxy) is 3. The second kappa shape index (κ2) is 19.4. The quantitative estimate of drug-likeness (QED) is 0.120. The van der Waals surface area contributed by atoms with Crippen molar-refractivity contribution in [1.82, 2.24) is 34.4 Å². The number of rotatable bonds is 16. The third kappa shape index (κ3) is 10.1. The second-order valence-electron chi connectivity index (χ2n) is 15.4. The number of nitrogens with one attached hydrogen (secondary N) is 1. The molecular weight excluding hydrogens is 806 g/mol. The lowest BCUT2D eigenvalue weighted by molar-refractivity contribution is -0.192. The van der Waals surface area contributed by atoms with Gasteiger partial charge in [0.15, 0.2) is 0 Å². The van der Waals surface area contributed by atoms with E-state index in [-0.39, 0.29) is 61.7 Å². The first-order valence-electron chi connectivity index (χ1n) is 20.3. The van der Waals surface area contributed by atoms with Crippen molar-refractivity contribution >= 4 is 23.8 Å². The van der Waals surface area contributed by atoms with E-state index in [1.165, 1.54) is 39.7 Å². The van der Waals surface area contributed by atoms with Gasteiger partial charge in [-0.1, -0.05) is 30.3 Å². The van der Waals surface area contributed by atoms with E-state index >= 15 is 0 Å². The molecule has 2 fully saturated rings. The fraction of sp³-hybridized carbons (Fsp3) is 0.364. The fourth-order valence-electron chi connectivity index (χ4n) is 7.78. The number of aryl methyl sites for hydroxylation is 1. The summed E-state index contributed by atoms with van der Waals surface area (Å²) in [6.07, 6.45) is 5.36. The van der Waals surface area contributed by atoms with Gasteiger partial charge < -0.3 is 29.7 Å². The summed E-state index contributed by atoms with van der Waals surface area (Å²) in [5.74, 6) is -2.33. The Morgan fingerprint density at radius 3 is 2.21 bits per heavy atom. The predicted octanol–water partition coefficient (Wildman–Crippen LogP) is 5.46. The van der Waals surface area contributed by atoms with Gasteiger partial charge in [-0.05, 0) is 92.9 Å². The van der Waals surface area contributed by atoms with Gasteiger partial charge in [-0.3, -0.25) is 5.32 Å². The van der Waals surface area contributed by atoms with Gasteiger partial charge in [-0.15, -0.1) is 12.4 Å². The Morgan fingerprint density at radius 1 is 0.885 bits per heavy atom. The maximum atomic E-state index is 14.9. The SMILES string of the molecule is CC(NC(N)CCc1ccccc1)C(C)n1ncn(-c2ccc(N3CCN(c4ccc(OCC5COC(Cn6cncn6)(c6ccc(F)cc6F)O5)cc4)CC3)cc2)c1=O.Cl. The minimum Gasteiger partial charge on any atom is -0.491 e. The van der Waals surface area contributed by atoms with Crippen LogP contribution in [0.2, 0.25) is 0 Å². The van der Waals surface area contributed by atoms with Crippen LogP contribution in [0.5, 0.6) is 5.75 Å².